The fraction of sp³-hybridized carbons (Fsp3) is 0.462. The largest absolute Gasteiger partial charge is 0.342 e. The van der Waals surface area contributed by atoms with Gasteiger partial charge >= 0.3 is 0 Å². The molecule has 1 unspecified atom stereocenters. The van der Waals surface area contributed by atoms with Crippen molar-refractivity contribution in [2.75, 3.05) is 51.1 Å². The van der Waals surface area contributed by atoms with Crippen LogP contribution in [0.3, 0.4) is 0 Å². The number of hydrogen-bond donors (Lipinski definition) is 1. The Bertz CT molecular complexity index is 858. The van der Waals surface area contributed by atoms with Gasteiger partial charge in [-0.25, -0.2) is 0 Å². The van der Waals surface area contributed by atoms with E-state index >= 15 is 0 Å². The first-order valence-corrected chi connectivity index (χ1v) is 11.9. The first-order chi connectivity index (χ1) is 15.7. The molecule has 170 valence electrons. The van der Waals surface area contributed by atoms with E-state index in [1.165, 1.54) is 12.8 Å². The predicted octanol–water partition coefficient (Wildman–Crippen LogP) is 3.39. The first kappa shape index (κ1) is 22.5. The molecule has 1 atom stereocenters. The van der Waals surface area contributed by atoms with Gasteiger partial charge in [-0.3, -0.25) is 19.4 Å². The number of para-hydroxylation sites is 1. The molecule has 1 N–H and O–H groups in total. The molecule has 0 aliphatic carbocycles. The SMILES string of the molecule is O=C(Nc1ccccc1)C(c1ccccc1)N1CCN(CC(=O)N2CCCCCC2)CC1. The zero-order valence-electron chi connectivity index (χ0n) is 18.8. The van der Waals surface area contributed by atoms with Gasteiger partial charge in [0.2, 0.25) is 11.8 Å². The Hall–Kier alpha value is -2.70. The average Bonchev–Trinajstić information content (AvgIpc) is 3.12. The van der Waals surface area contributed by atoms with E-state index in [0.717, 1.165) is 63.4 Å². The highest BCUT2D eigenvalue weighted by molar-refractivity contribution is 5.95. The normalized spacial score (nSPS) is 19.2. The molecule has 0 radical (unpaired) electrons. The summed E-state index contributed by atoms with van der Waals surface area (Å²) in [6, 6.07) is 19.2. The number of carbonyl (C=O) groups excluding carboxylic acids is 2. The molecular weight excluding hydrogens is 400 g/mol. The Morgan fingerprint density at radius 3 is 1.97 bits per heavy atom. The molecule has 2 fully saturated rings. The second kappa shape index (κ2) is 11.2. The fourth-order valence-corrected chi connectivity index (χ4v) is 4.69. The number of anilines is 1. The molecule has 2 aliphatic heterocycles. The van der Waals surface area contributed by atoms with Crippen LogP contribution < -0.4 is 5.32 Å². The van der Waals surface area contributed by atoms with Crippen molar-refractivity contribution in [2.45, 2.75) is 31.7 Å². The molecule has 4 rings (SSSR count). The Morgan fingerprint density at radius 2 is 1.34 bits per heavy atom. The molecule has 2 aromatic carbocycles. The van der Waals surface area contributed by atoms with Crippen molar-refractivity contribution < 1.29 is 9.59 Å². The maximum Gasteiger partial charge on any atom is 0.246 e. The van der Waals surface area contributed by atoms with Gasteiger partial charge in [0.25, 0.3) is 0 Å². The molecule has 2 heterocycles. The number of amides is 2. The van der Waals surface area contributed by atoms with Crippen LogP contribution in [-0.4, -0.2) is 72.3 Å². The number of piperazine rings is 1. The number of nitrogens with zero attached hydrogens (tertiary/aromatic N) is 3. The molecule has 6 nitrogen and oxygen atoms in total. The minimum atomic E-state index is -0.347. The van der Waals surface area contributed by atoms with Gasteiger partial charge in [-0.2, -0.15) is 0 Å². The van der Waals surface area contributed by atoms with Gasteiger partial charge in [0, 0.05) is 45.0 Å². The van der Waals surface area contributed by atoms with Gasteiger partial charge < -0.3 is 10.2 Å². The van der Waals surface area contributed by atoms with Crippen LogP contribution in [-0.2, 0) is 9.59 Å². The maximum absolute atomic E-state index is 13.3. The number of rotatable bonds is 6. The van der Waals surface area contributed by atoms with E-state index in [1.54, 1.807) is 0 Å². The van der Waals surface area contributed by atoms with E-state index in [0.29, 0.717) is 6.54 Å². The third-order valence-corrected chi connectivity index (χ3v) is 6.49. The Balaban J connectivity index is 1.38. The second-order valence-corrected chi connectivity index (χ2v) is 8.78. The molecule has 0 spiro atoms. The third-order valence-electron chi connectivity index (χ3n) is 6.49. The lowest BCUT2D eigenvalue weighted by Crippen LogP contribution is -2.52. The van der Waals surface area contributed by atoms with Gasteiger partial charge in [0.1, 0.15) is 6.04 Å². The summed E-state index contributed by atoms with van der Waals surface area (Å²) in [6.07, 6.45) is 4.70. The van der Waals surface area contributed by atoms with Crippen LogP contribution in [0.5, 0.6) is 0 Å². The van der Waals surface area contributed by atoms with E-state index in [1.807, 2.05) is 65.6 Å². The van der Waals surface area contributed by atoms with Gasteiger partial charge in [0.15, 0.2) is 0 Å². The monoisotopic (exact) mass is 434 g/mol. The lowest BCUT2D eigenvalue weighted by molar-refractivity contribution is -0.133. The Kier molecular flexibility index (Phi) is 7.91. The zero-order chi connectivity index (χ0) is 22.2. The number of nitrogens with one attached hydrogen (secondary N) is 1. The molecule has 2 saturated heterocycles. The van der Waals surface area contributed by atoms with Crippen molar-refractivity contribution >= 4 is 17.5 Å². The summed E-state index contributed by atoms with van der Waals surface area (Å²) in [7, 11) is 0. The number of carbonyl (C=O) groups is 2. The minimum Gasteiger partial charge on any atom is -0.342 e. The van der Waals surface area contributed by atoms with Crippen molar-refractivity contribution in [1.82, 2.24) is 14.7 Å². The van der Waals surface area contributed by atoms with Crippen LogP contribution in [0, 0.1) is 0 Å². The highest BCUT2D eigenvalue weighted by Gasteiger charge is 2.31. The summed E-state index contributed by atoms with van der Waals surface area (Å²) >= 11 is 0. The quantitative estimate of drug-likeness (QED) is 0.757. The lowest BCUT2D eigenvalue weighted by Gasteiger charge is -2.39. The molecule has 0 aromatic heterocycles. The molecule has 32 heavy (non-hydrogen) atoms. The van der Waals surface area contributed by atoms with Crippen molar-refractivity contribution in [3.8, 4) is 0 Å². The zero-order valence-corrected chi connectivity index (χ0v) is 18.8. The summed E-state index contributed by atoms with van der Waals surface area (Å²) in [5.41, 5.74) is 1.80. The standard InChI is InChI=1S/C26H34N4O2/c31-24(29-15-9-1-2-10-16-29)21-28-17-19-30(20-18-28)25(22-11-5-3-6-12-22)26(32)27-23-13-7-4-8-14-23/h3-8,11-14,25H,1-2,9-10,15-21H2,(H,27,32). The summed E-state index contributed by atoms with van der Waals surface area (Å²) < 4.78 is 0. The smallest absolute Gasteiger partial charge is 0.246 e. The number of likely N-dealkylation sites (tertiary alicyclic amines) is 1. The van der Waals surface area contributed by atoms with Crippen LogP contribution in [0.2, 0.25) is 0 Å². The Labute approximate surface area is 191 Å². The van der Waals surface area contributed by atoms with Crippen molar-refractivity contribution in [3.05, 3.63) is 66.2 Å². The summed E-state index contributed by atoms with van der Waals surface area (Å²) in [6.45, 7) is 5.39. The molecule has 2 aromatic rings. The highest BCUT2D eigenvalue weighted by Crippen LogP contribution is 2.24. The van der Waals surface area contributed by atoms with E-state index < -0.39 is 0 Å². The molecular formula is C26H34N4O2. The van der Waals surface area contributed by atoms with E-state index in [-0.39, 0.29) is 17.9 Å². The van der Waals surface area contributed by atoms with Crippen LogP contribution in [0.1, 0.15) is 37.3 Å². The summed E-state index contributed by atoms with van der Waals surface area (Å²) in [5.74, 6) is 0.235. The van der Waals surface area contributed by atoms with E-state index in [4.69, 9.17) is 0 Å². The number of hydrogen-bond acceptors (Lipinski definition) is 4. The molecule has 0 saturated carbocycles. The molecule has 6 heteroatoms. The van der Waals surface area contributed by atoms with Gasteiger partial charge in [-0.05, 0) is 30.5 Å². The summed E-state index contributed by atoms with van der Waals surface area (Å²) in [5, 5.41) is 3.08. The second-order valence-electron chi connectivity index (χ2n) is 8.78. The van der Waals surface area contributed by atoms with Crippen molar-refractivity contribution in [3.63, 3.8) is 0 Å². The van der Waals surface area contributed by atoms with E-state index in [2.05, 4.69) is 15.1 Å². The van der Waals surface area contributed by atoms with Crippen LogP contribution >= 0.6 is 0 Å². The van der Waals surface area contributed by atoms with Gasteiger partial charge in [-0.1, -0.05) is 61.4 Å². The predicted molar refractivity (Wildman–Crippen MR) is 127 cm³/mol. The van der Waals surface area contributed by atoms with Crippen LogP contribution in [0.4, 0.5) is 5.69 Å². The number of benzene rings is 2. The third kappa shape index (κ3) is 5.96. The van der Waals surface area contributed by atoms with Crippen LogP contribution in [0.25, 0.3) is 0 Å². The molecule has 2 amide bonds. The highest BCUT2D eigenvalue weighted by atomic mass is 16.2. The molecule has 2 aliphatic rings. The van der Waals surface area contributed by atoms with Crippen LogP contribution in [0.15, 0.2) is 60.7 Å². The average molecular weight is 435 g/mol. The topological polar surface area (TPSA) is 55.9 Å². The van der Waals surface area contributed by atoms with Gasteiger partial charge in [0.05, 0.1) is 6.54 Å². The molecule has 0 bridgehead atoms. The maximum atomic E-state index is 13.3. The summed E-state index contributed by atoms with van der Waals surface area (Å²) in [4.78, 5) is 32.6. The Morgan fingerprint density at radius 1 is 0.750 bits per heavy atom. The van der Waals surface area contributed by atoms with Gasteiger partial charge in [-0.15, -0.1) is 0 Å². The van der Waals surface area contributed by atoms with Crippen molar-refractivity contribution in [1.29, 1.82) is 0 Å². The van der Waals surface area contributed by atoms with Crippen molar-refractivity contribution in [2.24, 2.45) is 0 Å². The fourth-order valence-electron chi connectivity index (χ4n) is 4.69. The lowest BCUT2D eigenvalue weighted by atomic mass is 10.0. The van der Waals surface area contributed by atoms with E-state index in [9.17, 15) is 9.59 Å². The first-order valence-electron chi connectivity index (χ1n) is 11.9. The minimum absolute atomic E-state index is 0.0171.